The van der Waals surface area contributed by atoms with Crippen LogP contribution in [0.1, 0.15) is 111 Å². The molecule has 6 heteroatoms. The molecule has 6 rings (SSSR count). The summed E-state index contributed by atoms with van der Waals surface area (Å²) in [6.45, 7) is 14.2. The summed E-state index contributed by atoms with van der Waals surface area (Å²) in [5, 5.41) is 31.5. The third kappa shape index (κ3) is 4.83. The van der Waals surface area contributed by atoms with Crippen LogP contribution in [-0.2, 0) is 14.3 Å². The molecule has 0 heterocycles. The van der Waals surface area contributed by atoms with Crippen molar-refractivity contribution in [3.8, 4) is 5.75 Å². The standard InChI is InChI=1S/C39H54O6/c1-34(2)19-20-38(33(43)44)21-22-39(24-45-32(42)14-9-25-7-10-26(40)11-8-25)27(28(38)23-34)12-13-30-36(5)17-16-31(41)35(3,4)29(36)15-18-37(30,39)6/h7-12,14,28-31,40-41H,13,15-24H2,1-6H3,(H,43,44)/b14-9+. The fourth-order valence-corrected chi connectivity index (χ4v) is 11.7. The lowest BCUT2D eigenvalue weighted by atomic mass is 9.33. The molecule has 1 aromatic rings. The molecular weight excluding hydrogens is 564 g/mol. The first-order valence-electron chi connectivity index (χ1n) is 17.3. The number of phenolic OH excluding ortho intramolecular Hbond substituents is 1. The van der Waals surface area contributed by atoms with Crippen molar-refractivity contribution in [1.29, 1.82) is 0 Å². The minimum Gasteiger partial charge on any atom is -0.508 e. The number of allylic oxidation sites excluding steroid dienone is 1. The Morgan fingerprint density at radius 2 is 1.60 bits per heavy atom. The van der Waals surface area contributed by atoms with E-state index in [1.165, 1.54) is 11.6 Å². The summed E-state index contributed by atoms with van der Waals surface area (Å²) in [7, 11) is 0. The minimum absolute atomic E-state index is 0.0285. The number of ether oxygens (including phenoxy) is 1. The molecule has 5 aliphatic carbocycles. The Hall–Kier alpha value is -2.60. The fourth-order valence-electron chi connectivity index (χ4n) is 11.7. The Bertz CT molecular complexity index is 1400. The van der Waals surface area contributed by atoms with E-state index in [4.69, 9.17) is 4.74 Å². The molecule has 0 amide bonds. The molecule has 0 aliphatic heterocycles. The van der Waals surface area contributed by atoms with Crippen LogP contribution in [0.15, 0.2) is 42.0 Å². The van der Waals surface area contributed by atoms with E-state index >= 15 is 0 Å². The number of aromatic hydroxyl groups is 1. The minimum atomic E-state index is -0.769. The molecule has 4 fully saturated rings. The van der Waals surface area contributed by atoms with E-state index in [1.54, 1.807) is 30.3 Å². The van der Waals surface area contributed by atoms with Gasteiger partial charge >= 0.3 is 11.9 Å². The van der Waals surface area contributed by atoms with E-state index in [1.807, 2.05) is 0 Å². The molecule has 0 bridgehead atoms. The smallest absolute Gasteiger partial charge is 0.330 e. The highest BCUT2D eigenvalue weighted by atomic mass is 16.5. The Morgan fingerprint density at radius 1 is 0.911 bits per heavy atom. The van der Waals surface area contributed by atoms with Gasteiger partial charge in [-0.15, -0.1) is 0 Å². The van der Waals surface area contributed by atoms with Gasteiger partial charge in [0.1, 0.15) is 12.4 Å². The zero-order valence-electron chi connectivity index (χ0n) is 28.2. The van der Waals surface area contributed by atoms with Gasteiger partial charge in [0.05, 0.1) is 11.5 Å². The third-order valence-electron chi connectivity index (χ3n) is 14.5. The van der Waals surface area contributed by atoms with E-state index in [0.29, 0.717) is 31.1 Å². The lowest BCUT2D eigenvalue weighted by Crippen LogP contribution is -2.66. The molecule has 0 saturated heterocycles. The van der Waals surface area contributed by atoms with E-state index in [-0.39, 0.29) is 46.0 Å². The van der Waals surface area contributed by atoms with Gasteiger partial charge in [-0.3, -0.25) is 4.79 Å². The second-order valence-electron chi connectivity index (χ2n) is 17.3. The molecule has 0 radical (unpaired) electrons. The number of carbonyl (C=O) groups excluding carboxylic acids is 1. The molecule has 0 aromatic heterocycles. The monoisotopic (exact) mass is 618 g/mol. The molecule has 0 spiro atoms. The molecule has 8 atom stereocenters. The number of phenols is 1. The van der Waals surface area contributed by atoms with Crippen molar-refractivity contribution in [3.63, 3.8) is 0 Å². The highest BCUT2D eigenvalue weighted by Crippen LogP contribution is 2.76. The molecule has 1 aromatic carbocycles. The van der Waals surface area contributed by atoms with Crippen molar-refractivity contribution < 1.29 is 29.6 Å². The quantitative estimate of drug-likeness (QED) is 0.175. The summed E-state index contributed by atoms with van der Waals surface area (Å²) in [5.74, 6) is -0.232. The van der Waals surface area contributed by atoms with Gasteiger partial charge < -0.3 is 20.1 Å². The summed E-state index contributed by atoms with van der Waals surface area (Å²) in [5.41, 5.74) is 0.564. The Balaban J connectivity index is 1.41. The van der Waals surface area contributed by atoms with Crippen LogP contribution >= 0.6 is 0 Å². The van der Waals surface area contributed by atoms with Crippen LogP contribution in [0.2, 0.25) is 0 Å². The van der Waals surface area contributed by atoms with E-state index < -0.39 is 22.8 Å². The average Bonchev–Trinajstić information content (AvgIpc) is 2.97. The second kappa shape index (κ2) is 10.7. The summed E-state index contributed by atoms with van der Waals surface area (Å²) < 4.78 is 6.25. The maximum Gasteiger partial charge on any atom is 0.330 e. The van der Waals surface area contributed by atoms with Crippen molar-refractivity contribution in [1.82, 2.24) is 0 Å². The normalized spacial score (nSPS) is 41.5. The molecule has 8 unspecified atom stereocenters. The van der Waals surface area contributed by atoms with Gasteiger partial charge in [-0.25, -0.2) is 4.79 Å². The topological polar surface area (TPSA) is 104 Å². The van der Waals surface area contributed by atoms with Crippen molar-refractivity contribution in [3.05, 3.63) is 47.6 Å². The predicted octanol–water partition coefficient (Wildman–Crippen LogP) is 8.18. The zero-order valence-corrected chi connectivity index (χ0v) is 28.2. The first kappa shape index (κ1) is 32.3. The number of aliphatic hydroxyl groups excluding tert-OH is 1. The van der Waals surface area contributed by atoms with Crippen molar-refractivity contribution >= 4 is 18.0 Å². The van der Waals surface area contributed by atoms with Crippen LogP contribution in [0.25, 0.3) is 6.08 Å². The SMILES string of the molecule is CC1(C)CCC2(C(=O)O)CCC3(COC(=O)/C=C/c4ccc(O)cc4)C(=CCC4C5(C)CCC(O)C(C)(C)C5CCC43C)C2C1. The highest BCUT2D eigenvalue weighted by Gasteiger charge is 2.70. The summed E-state index contributed by atoms with van der Waals surface area (Å²) in [4.78, 5) is 26.5. The van der Waals surface area contributed by atoms with E-state index in [2.05, 4.69) is 47.6 Å². The van der Waals surface area contributed by atoms with Crippen LogP contribution in [0, 0.1) is 50.2 Å². The number of rotatable bonds is 5. The van der Waals surface area contributed by atoms with Crippen molar-refractivity contribution in [2.45, 2.75) is 112 Å². The number of carboxylic acids is 1. The Labute approximate surface area is 269 Å². The molecule has 6 nitrogen and oxygen atoms in total. The lowest BCUT2D eigenvalue weighted by molar-refractivity contribution is -0.217. The first-order valence-corrected chi connectivity index (χ1v) is 17.3. The van der Waals surface area contributed by atoms with Crippen molar-refractivity contribution in [2.75, 3.05) is 6.61 Å². The third-order valence-corrected chi connectivity index (χ3v) is 14.5. The van der Waals surface area contributed by atoms with Gasteiger partial charge in [0.2, 0.25) is 0 Å². The molecule has 5 aliphatic rings. The number of hydrogen-bond donors (Lipinski definition) is 3. The van der Waals surface area contributed by atoms with Gasteiger partial charge in [0, 0.05) is 11.5 Å². The van der Waals surface area contributed by atoms with Crippen LogP contribution < -0.4 is 0 Å². The number of esters is 1. The Morgan fingerprint density at radius 3 is 2.29 bits per heavy atom. The van der Waals surface area contributed by atoms with Crippen LogP contribution in [-0.4, -0.2) is 40.0 Å². The highest BCUT2D eigenvalue weighted by molar-refractivity contribution is 5.87. The van der Waals surface area contributed by atoms with Crippen molar-refractivity contribution in [2.24, 2.45) is 50.2 Å². The fraction of sp³-hybridized carbons (Fsp3) is 0.692. The van der Waals surface area contributed by atoms with Gasteiger partial charge in [0.25, 0.3) is 0 Å². The first-order chi connectivity index (χ1) is 21.0. The van der Waals surface area contributed by atoms with Gasteiger partial charge in [-0.05, 0) is 127 Å². The molecule has 246 valence electrons. The van der Waals surface area contributed by atoms with Crippen LogP contribution in [0.3, 0.4) is 0 Å². The van der Waals surface area contributed by atoms with Gasteiger partial charge in [0.15, 0.2) is 0 Å². The maximum absolute atomic E-state index is 13.3. The predicted molar refractivity (Wildman–Crippen MR) is 175 cm³/mol. The van der Waals surface area contributed by atoms with E-state index in [0.717, 1.165) is 50.5 Å². The molecule has 4 saturated carbocycles. The molecular formula is C39H54O6. The average molecular weight is 619 g/mol. The number of hydrogen-bond acceptors (Lipinski definition) is 5. The summed E-state index contributed by atoms with van der Waals surface area (Å²) in [6.07, 6.45) is 13.7. The lowest BCUT2D eigenvalue weighted by Gasteiger charge is -2.71. The van der Waals surface area contributed by atoms with Gasteiger partial charge in [-0.2, -0.15) is 0 Å². The number of carboxylic acid groups (broad SMARTS) is 1. The van der Waals surface area contributed by atoms with Crippen LogP contribution in [0.5, 0.6) is 5.75 Å². The zero-order chi connectivity index (χ0) is 32.6. The number of fused-ring (bicyclic) bond motifs is 7. The number of carbonyl (C=O) groups is 2. The van der Waals surface area contributed by atoms with Gasteiger partial charge in [-0.1, -0.05) is 65.3 Å². The Kier molecular flexibility index (Phi) is 7.70. The summed E-state index contributed by atoms with van der Waals surface area (Å²) in [6, 6.07) is 6.69. The number of benzene rings is 1. The second-order valence-corrected chi connectivity index (χ2v) is 17.3. The summed E-state index contributed by atoms with van der Waals surface area (Å²) >= 11 is 0. The number of aliphatic carboxylic acids is 1. The maximum atomic E-state index is 13.3. The molecule has 3 N–H and O–H groups in total. The molecule has 45 heavy (non-hydrogen) atoms. The largest absolute Gasteiger partial charge is 0.508 e. The van der Waals surface area contributed by atoms with Crippen LogP contribution in [0.4, 0.5) is 0 Å². The number of aliphatic hydroxyl groups is 1. The van der Waals surface area contributed by atoms with E-state index in [9.17, 15) is 24.9 Å².